The highest BCUT2D eigenvalue weighted by Gasteiger charge is 2.38. The summed E-state index contributed by atoms with van der Waals surface area (Å²) in [5.74, 6) is 0. The smallest absolute Gasteiger partial charge is 0.307 e. The maximum absolute atomic E-state index is 6.46. The summed E-state index contributed by atoms with van der Waals surface area (Å²) in [6.45, 7) is 4.38. The summed E-state index contributed by atoms with van der Waals surface area (Å²) in [5, 5.41) is 0. The molecule has 0 rings (SSSR count). The van der Waals surface area contributed by atoms with E-state index in [9.17, 15) is 0 Å². The molecule has 4 heteroatoms. The summed E-state index contributed by atoms with van der Waals surface area (Å²) < 4.78 is 2.14. The highest BCUT2D eigenvalue weighted by Crippen LogP contribution is 2.26. The average Bonchev–Trinajstić information content (AvgIpc) is 2.01. The first-order valence-corrected chi connectivity index (χ1v) is 7.07. The monoisotopic (exact) mass is 194 g/mol. The summed E-state index contributed by atoms with van der Waals surface area (Å²) in [5.41, 5.74) is 0.573. The van der Waals surface area contributed by atoms with E-state index in [-0.39, 0.29) is 0 Å². The summed E-state index contributed by atoms with van der Waals surface area (Å²) in [6.07, 6.45) is 1.13. The van der Waals surface area contributed by atoms with Crippen LogP contribution in [0.2, 0.25) is 5.54 Å². The third kappa shape index (κ3) is 2.44. The van der Waals surface area contributed by atoms with Gasteiger partial charge in [0.1, 0.15) is 0 Å². The van der Waals surface area contributed by atoms with E-state index < -0.39 is 7.71 Å². The van der Waals surface area contributed by atoms with Gasteiger partial charge in [-0.2, -0.15) is 0 Å². The maximum atomic E-state index is 6.46. The minimum absolute atomic E-state index is 0.573. The quantitative estimate of drug-likeness (QED) is 0.542. The van der Waals surface area contributed by atoms with Crippen LogP contribution in [-0.2, 0) is 0 Å². The Labute approximate surface area is 75.8 Å². The first-order chi connectivity index (χ1) is 4.99. The van der Waals surface area contributed by atoms with Crippen molar-refractivity contribution >= 4 is 18.8 Å². The van der Waals surface area contributed by atoms with E-state index in [1.165, 1.54) is 0 Å². The van der Waals surface area contributed by atoms with Crippen molar-refractivity contribution in [2.75, 3.05) is 21.1 Å². The second-order valence-electron chi connectivity index (χ2n) is 3.13. The van der Waals surface area contributed by atoms with Gasteiger partial charge in [-0.05, 0) is 26.7 Å². The largest absolute Gasteiger partial charge is 0.316 e. The fourth-order valence-electron chi connectivity index (χ4n) is 1.18. The molecule has 1 N–H and O–H groups in total. The molecule has 0 heterocycles. The van der Waals surface area contributed by atoms with Crippen LogP contribution in [0.15, 0.2) is 0 Å². The van der Waals surface area contributed by atoms with Crippen LogP contribution in [-0.4, -0.2) is 33.4 Å². The predicted octanol–water partition coefficient (Wildman–Crippen LogP) is 1.75. The first kappa shape index (κ1) is 11.4. The second kappa shape index (κ2) is 4.45. The Kier molecular flexibility index (Phi) is 4.62. The van der Waals surface area contributed by atoms with Gasteiger partial charge in [-0.15, -0.1) is 11.1 Å². The van der Waals surface area contributed by atoms with Crippen molar-refractivity contribution < 1.29 is 0 Å². The second-order valence-corrected chi connectivity index (χ2v) is 8.58. The van der Waals surface area contributed by atoms with E-state index in [0.717, 1.165) is 6.42 Å². The molecule has 11 heavy (non-hydrogen) atoms. The van der Waals surface area contributed by atoms with Crippen molar-refractivity contribution in [2.45, 2.75) is 25.8 Å². The molecule has 0 aromatic heterocycles. The fourth-order valence-corrected chi connectivity index (χ4v) is 4.01. The zero-order valence-electron chi connectivity index (χ0n) is 8.11. The van der Waals surface area contributed by atoms with Crippen molar-refractivity contribution in [3.05, 3.63) is 0 Å². The normalized spacial score (nSPS) is 19.9. The van der Waals surface area contributed by atoms with E-state index in [0.29, 0.717) is 5.54 Å². The maximum Gasteiger partial charge on any atom is 0.307 e. The van der Waals surface area contributed by atoms with E-state index in [4.69, 9.17) is 11.1 Å². The molecular weight excluding hydrogens is 176 g/mol. The Morgan fingerprint density at radius 1 is 1.55 bits per heavy atom. The molecule has 0 aromatic carbocycles. The van der Waals surface area contributed by atoms with E-state index in [2.05, 4.69) is 23.4 Å². The summed E-state index contributed by atoms with van der Waals surface area (Å²) in [6, 6.07) is 0. The van der Waals surface area contributed by atoms with Crippen LogP contribution in [0.25, 0.3) is 0 Å². The van der Waals surface area contributed by atoms with Crippen LogP contribution in [0.4, 0.5) is 0 Å². The van der Waals surface area contributed by atoms with Crippen LogP contribution < -0.4 is 4.98 Å². The molecule has 0 aliphatic carbocycles. The van der Waals surface area contributed by atoms with Gasteiger partial charge in [0.15, 0.2) is 0 Å². The summed E-state index contributed by atoms with van der Waals surface area (Å²) in [4.78, 5) is 3.26. The number of hydrogen-bond acceptors (Lipinski definition) is 2. The van der Waals surface area contributed by atoms with Gasteiger partial charge in [-0.1, -0.05) is 20.3 Å². The number of hydrogen-bond donors (Lipinski definition) is 1. The molecule has 0 radical (unpaired) electrons. The number of halogens is 1. The first-order valence-electron chi connectivity index (χ1n) is 4.04. The molecule has 0 spiro atoms. The Morgan fingerprint density at radius 2 is 2.00 bits per heavy atom. The Balaban J connectivity index is 4.32. The highest BCUT2D eigenvalue weighted by atomic mass is 35.6. The van der Waals surface area contributed by atoms with Crippen molar-refractivity contribution in [1.29, 1.82) is 0 Å². The number of nitrogens with zero attached hydrogens (tertiary/aromatic N) is 1. The molecular formula is C7H19ClN2Si. The summed E-state index contributed by atoms with van der Waals surface area (Å²) in [7, 11) is 4.19. The molecule has 2 atom stereocenters. The third-order valence-electron chi connectivity index (χ3n) is 2.27. The van der Waals surface area contributed by atoms with Crippen LogP contribution in [0, 0.1) is 0 Å². The van der Waals surface area contributed by atoms with Gasteiger partial charge in [0.05, 0.1) is 0 Å². The van der Waals surface area contributed by atoms with E-state index in [1.54, 1.807) is 0 Å². The zero-order valence-corrected chi connectivity index (χ0v) is 9.87. The molecule has 0 aliphatic heterocycles. The van der Waals surface area contributed by atoms with E-state index >= 15 is 0 Å². The Morgan fingerprint density at radius 3 is 2.09 bits per heavy atom. The average molecular weight is 195 g/mol. The van der Waals surface area contributed by atoms with Gasteiger partial charge in [-0.25, -0.2) is 0 Å². The standard InChI is InChI=1S/C7H19ClN2Si/c1-6-7(2)11(8,9-3)10(4)5/h7,9H,6H2,1-5H3. The van der Waals surface area contributed by atoms with Crippen molar-refractivity contribution in [3.8, 4) is 0 Å². The molecule has 0 aromatic rings. The molecule has 2 nitrogen and oxygen atoms in total. The van der Waals surface area contributed by atoms with Gasteiger partial charge >= 0.3 is 7.71 Å². The SMILES string of the molecule is CCC(C)[Si](Cl)(NC)N(C)C. The topological polar surface area (TPSA) is 15.3 Å². The minimum atomic E-state index is -1.85. The van der Waals surface area contributed by atoms with Crippen LogP contribution in [0.1, 0.15) is 20.3 Å². The number of nitrogens with one attached hydrogen (secondary N) is 1. The van der Waals surface area contributed by atoms with Crippen LogP contribution >= 0.6 is 11.1 Å². The van der Waals surface area contributed by atoms with E-state index in [1.807, 2.05) is 21.1 Å². The lowest BCUT2D eigenvalue weighted by molar-refractivity contribution is 0.582. The molecule has 0 fully saturated rings. The van der Waals surface area contributed by atoms with Gasteiger partial charge < -0.3 is 9.55 Å². The van der Waals surface area contributed by atoms with Crippen molar-refractivity contribution in [1.82, 2.24) is 9.55 Å². The minimum Gasteiger partial charge on any atom is -0.316 e. The van der Waals surface area contributed by atoms with Crippen molar-refractivity contribution in [2.24, 2.45) is 0 Å². The molecule has 0 amide bonds. The van der Waals surface area contributed by atoms with Crippen molar-refractivity contribution in [3.63, 3.8) is 0 Å². The molecule has 0 saturated carbocycles. The summed E-state index contributed by atoms with van der Waals surface area (Å²) >= 11 is 6.46. The zero-order chi connectivity index (χ0) is 9.07. The lowest BCUT2D eigenvalue weighted by Crippen LogP contribution is -2.58. The highest BCUT2D eigenvalue weighted by molar-refractivity contribution is 7.17. The van der Waals surface area contributed by atoms with Gasteiger partial charge in [0, 0.05) is 0 Å². The lowest BCUT2D eigenvalue weighted by atomic mass is 10.4. The van der Waals surface area contributed by atoms with Gasteiger partial charge in [0.2, 0.25) is 0 Å². The molecule has 2 unspecified atom stereocenters. The Bertz CT molecular complexity index is 121. The molecule has 0 saturated heterocycles. The lowest BCUT2D eigenvalue weighted by Gasteiger charge is -2.35. The predicted molar refractivity (Wildman–Crippen MR) is 54.1 cm³/mol. The Hall–Kier alpha value is 0.427. The number of rotatable bonds is 4. The molecule has 0 aliphatic rings. The van der Waals surface area contributed by atoms with Gasteiger partial charge in [0.25, 0.3) is 0 Å². The molecule has 0 bridgehead atoms. The fraction of sp³-hybridized carbons (Fsp3) is 1.00. The van der Waals surface area contributed by atoms with Crippen LogP contribution in [0.5, 0.6) is 0 Å². The third-order valence-corrected chi connectivity index (χ3v) is 8.68. The van der Waals surface area contributed by atoms with Crippen LogP contribution in [0.3, 0.4) is 0 Å². The van der Waals surface area contributed by atoms with Gasteiger partial charge in [-0.3, -0.25) is 0 Å². The molecule has 68 valence electrons.